The molecule has 0 saturated carbocycles. The fraction of sp³-hybridized carbons (Fsp3) is 0.286. The molecular weight excluding hydrogens is 306 g/mol. The summed E-state index contributed by atoms with van der Waals surface area (Å²) in [4.78, 5) is 8.64. The van der Waals surface area contributed by atoms with E-state index < -0.39 is 6.10 Å². The van der Waals surface area contributed by atoms with E-state index in [4.69, 9.17) is 5.73 Å². The van der Waals surface area contributed by atoms with Gasteiger partial charge in [0.05, 0.1) is 5.69 Å². The Bertz CT molecular complexity index is 601. The number of hydrogen-bond acceptors (Lipinski definition) is 4. The van der Waals surface area contributed by atoms with Gasteiger partial charge in [0.25, 0.3) is 0 Å². The van der Waals surface area contributed by atoms with Gasteiger partial charge in [0.2, 0.25) is 0 Å². The van der Waals surface area contributed by atoms with Crippen molar-refractivity contribution in [1.82, 2.24) is 9.97 Å². The van der Waals surface area contributed by atoms with Crippen LogP contribution in [0, 0.1) is 13.8 Å². The monoisotopic (exact) mass is 321 g/mol. The molecule has 2 rings (SSSR count). The van der Waals surface area contributed by atoms with Gasteiger partial charge in [-0.25, -0.2) is 9.97 Å². The number of aliphatic hydroxyl groups excluding tert-OH is 1. The number of aliphatic hydroxyl groups is 1. The zero-order chi connectivity index (χ0) is 14.0. The summed E-state index contributed by atoms with van der Waals surface area (Å²) in [6, 6.07) is 7.93. The Labute approximate surface area is 120 Å². The number of hydrogen-bond donors (Lipinski definition) is 2. The fourth-order valence-corrected chi connectivity index (χ4v) is 2.22. The first kappa shape index (κ1) is 14.1. The first-order valence-electron chi connectivity index (χ1n) is 6.01. The Morgan fingerprint density at radius 1 is 1.26 bits per heavy atom. The molecule has 4 nitrogen and oxygen atoms in total. The van der Waals surface area contributed by atoms with Crippen LogP contribution < -0.4 is 5.73 Å². The summed E-state index contributed by atoms with van der Waals surface area (Å²) < 4.78 is 0.991. The lowest BCUT2D eigenvalue weighted by Crippen LogP contribution is -2.15. The molecule has 1 aromatic carbocycles. The summed E-state index contributed by atoms with van der Waals surface area (Å²) in [6.45, 7) is 4.02. The highest BCUT2D eigenvalue weighted by atomic mass is 79.9. The minimum absolute atomic E-state index is 0.111. The molecule has 100 valence electrons. The van der Waals surface area contributed by atoms with E-state index in [0.717, 1.165) is 27.0 Å². The number of halogens is 1. The lowest BCUT2D eigenvalue weighted by molar-refractivity contribution is 0.176. The van der Waals surface area contributed by atoms with Crippen molar-refractivity contribution in [3.8, 4) is 11.3 Å². The zero-order valence-corrected chi connectivity index (χ0v) is 12.5. The SMILES string of the molecule is Cc1cc(-c2cc(Br)ccc2C)nc(C(O)CN)n1. The second-order valence-corrected chi connectivity index (χ2v) is 5.38. The fourth-order valence-electron chi connectivity index (χ4n) is 1.85. The maximum absolute atomic E-state index is 9.79. The molecule has 0 aliphatic rings. The summed E-state index contributed by atoms with van der Waals surface area (Å²) >= 11 is 3.46. The lowest BCUT2D eigenvalue weighted by atomic mass is 10.0. The minimum Gasteiger partial charge on any atom is -0.384 e. The van der Waals surface area contributed by atoms with E-state index in [1.165, 1.54) is 0 Å². The molecule has 0 aliphatic carbocycles. The van der Waals surface area contributed by atoms with Crippen LogP contribution in [-0.4, -0.2) is 21.6 Å². The van der Waals surface area contributed by atoms with E-state index in [9.17, 15) is 5.11 Å². The number of rotatable bonds is 3. The first-order chi connectivity index (χ1) is 9.01. The van der Waals surface area contributed by atoms with Crippen molar-refractivity contribution in [3.63, 3.8) is 0 Å². The average Bonchev–Trinajstić information content (AvgIpc) is 2.39. The molecule has 0 aliphatic heterocycles. The molecule has 5 heteroatoms. The average molecular weight is 322 g/mol. The van der Waals surface area contributed by atoms with Crippen molar-refractivity contribution in [3.05, 3.63) is 45.8 Å². The number of nitrogens with two attached hydrogens (primary N) is 1. The normalized spacial score (nSPS) is 12.5. The molecular formula is C14H16BrN3O. The number of nitrogens with zero attached hydrogens (tertiary/aromatic N) is 2. The molecule has 2 aromatic rings. The Morgan fingerprint density at radius 2 is 2.00 bits per heavy atom. The van der Waals surface area contributed by atoms with Gasteiger partial charge in [0.15, 0.2) is 5.82 Å². The second-order valence-electron chi connectivity index (χ2n) is 4.46. The van der Waals surface area contributed by atoms with Gasteiger partial charge in [0, 0.05) is 22.3 Å². The maximum Gasteiger partial charge on any atom is 0.159 e. The van der Waals surface area contributed by atoms with Crippen LogP contribution in [0.3, 0.4) is 0 Å². The van der Waals surface area contributed by atoms with E-state index in [2.05, 4.69) is 25.9 Å². The highest BCUT2D eigenvalue weighted by Gasteiger charge is 2.13. The van der Waals surface area contributed by atoms with Crippen molar-refractivity contribution < 1.29 is 5.11 Å². The third-order valence-electron chi connectivity index (χ3n) is 2.87. The van der Waals surface area contributed by atoms with Gasteiger partial charge in [-0.05, 0) is 37.6 Å². The van der Waals surface area contributed by atoms with Crippen LogP contribution in [0.15, 0.2) is 28.7 Å². The van der Waals surface area contributed by atoms with Gasteiger partial charge in [-0.2, -0.15) is 0 Å². The number of aryl methyl sites for hydroxylation is 2. The second kappa shape index (κ2) is 5.77. The highest BCUT2D eigenvalue weighted by Crippen LogP contribution is 2.26. The zero-order valence-electron chi connectivity index (χ0n) is 10.9. The number of benzene rings is 1. The molecule has 3 N–H and O–H groups in total. The quantitative estimate of drug-likeness (QED) is 0.911. The van der Waals surface area contributed by atoms with E-state index in [1.807, 2.05) is 38.1 Å². The molecule has 0 fully saturated rings. The van der Waals surface area contributed by atoms with Crippen LogP contribution in [0.2, 0.25) is 0 Å². The predicted octanol–water partition coefficient (Wildman–Crippen LogP) is 2.52. The molecule has 0 spiro atoms. The van der Waals surface area contributed by atoms with Gasteiger partial charge < -0.3 is 10.8 Å². The molecule has 1 unspecified atom stereocenters. The Balaban J connectivity index is 2.56. The molecule has 1 heterocycles. The van der Waals surface area contributed by atoms with Crippen LogP contribution in [0.5, 0.6) is 0 Å². The molecule has 0 amide bonds. The van der Waals surface area contributed by atoms with Crippen LogP contribution in [0.1, 0.15) is 23.2 Å². The van der Waals surface area contributed by atoms with E-state index in [-0.39, 0.29) is 6.54 Å². The number of aromatic nitrogens is 2. The molecule has 0 saturated heterocycles. The van der Waals surface area contributed by atoms with Crippen molar-refractivity contribution in [2.75, 3.05) is 6.54 Å². The predicted molar refractivity (Wildman–Crippen MR) is 78.7 cm³/mol. The highest BCUT2D eigenvalue weighted by molar-refractivity contribution is 9.10. The van der Waals surface area contributed by atoms with Gasteiger partial charge in [-0.15, -0.1) is 0 Å². The van der Waals surface area contributed by atoms with Crippen LogP contribution in [0.25, 0.3) is 11.3 Å². The topological polar surface area (TPSA) is 72.0 Å². The maximum atomic E-state index is 9.79. The van der Waals surface area contributed by atoms with Gasteiger partial charge in [-0.3, -0.25) is 0 Å². The smallest absolute Gasteiger partial charge is 0.159 e. The lowest BCUT2D eigenvalue weighted by Gasteiger charge is -2.11. The van der Waals surface area contributed by atoms with Crippen molar-refractivity contribution in [1.29, 1.82) is 0 Å². The van der Waals surface area contributed by atoms with E-state index in [0.29, 0.717) is 5.82 Å². The van der Waals surface area contributed by atoms with E-state index >= 15 is 0 Å². The van der Waals surface area contributed by atoms with E-state index in [1.54, 1.807) is 0 Å². The van der Waals surface area contributed by atoms with Crippen molar-refractivity contribution in [2.45, 2.75) is 20.0 Å². The van der Waals surface area contributed by atoms with Gasteiger partial charge in [-0.1, -0.05) is 22.0 Å². The minimum atomic E-state index is -0.828. The Morgan fingerprint density at radius 3 is 2.68 bits per heavy atom. The Hall–Kier alpha value is -1.30. The summed E-state index contributed by atoms with van der Waals surface area (Å²) in [5, 5.41) is 9.79. The molecule has 19 heavy (non-hydrogen) atoms. The molecule has 0 bridgehead atoms. The van der Waals surface area contributed by atoms with Crippen molar-refractivity contribution in [2.24, 2.45) is 5.73 Å². The molecule has 0 radical (unpaired) electrons. The summed E-state index contributed by atoms with van der Waals surface area (Å²) in [5.41, 5.74) is 9.21. The van der Waals surface area contributed by atoms with Crippen LogP contribution >= 0.6 is 15.9 Å². The molecule has 1 atom stereocenters. The third kappa shape index (κ3) is 3.18. The van der Waals surface area contributed by atoms with Crippen molar-refractivity contribution >= 4 is 15.9 Å². The van der Waals surface area contributed by atoms with Gasteiger partial charge in [0.1, 0.15) is 6.10 Å². The standard InChI is InChI=1S/C14H16BrN3O/c1-8-3-4-10(15)6-11(8)12-5-9(2)17-14(18-12)13(19)7-16/h3-6,13,19H,7,16H2,1-2H3. The van der Waals surface area contributed by atoms with Crippen LogP contribution in [-0.2, 0) is 0 Å². The first-order valence-corrected chi connectivity index (χ1v) is 6.81. The molecule has 1 aromatic heterocycles. The Kier molecular flexibility index (Phi) is 4.29. The third-order valence-corrected chi connectivity index (χ3v) is 3.36. The summed E-state index contributed by atoms with van der Waals surface area (Å²) in [5.74, 6) is 0.372. The summed E-state index contributed by atoms with van der Waals surface area (Å²) in [7, 11) is 0. The largest absolute Gasteiger partial charge is 0.384 e. The summed E-state index contributed by atoms with van der Waals surface area (Å²) in [6.07, 6.45) is -0.828. The van der Waals surface area contributed by atoms with Gasteiger partial charge >= 0.3 is 0 Å². The van der Waals surface area contributed by atoms with Crippen LogP contribution in [0.4, 0.5) is 0 Å².